The summed E-state index contributed by atoms with van der Waals surface area (Å²) in [5, 5.41) is 0. The summed E-state index contributed by atoms with van der Waals surface area (Å²) in [7, 11) is 2.15. The summed E-state index contributed by atoms with van der Waals surface area (Å²) in [6.45, 7) is 19.9. The van der Waals surface area contributed by atoms with Gasteiger partial charge in [0.2, 0.25) is 0 Å². The molecule has 0 radical (unpaired) electrons. The fourth-order valence-corrected chi connectivity index (χ4v) is 8.24. The van der Waals surface area contributed by atoms with Gasteiger partial charge in [-0.05, 0) is 51.1 Å². The molecule has 0 aliphatic carbocycles. The van der Waals surface area contributed by atoms with E-state index in [1.165, 1.54) is 186 Å². The van der Waals surface area contributed by atoms with Crippen molar-refractivity contribution in [2.24, 2.45) is 17.3 Å². The van der Waals surface area contributed by atoms with Crippen molar-refractivity contribution in [3.05, 3.63) is 5.92 Å². The maximum atomic E-state index is 13.5. The molecular formula is C48H96NO2Sm-. The van der Waals surface area contributed by atoms with Crippen LogP contribution in [0.15, 0.2) is 0 Å². The van der Waals surface area contributed by atoms with Crippen molar-refractivity contribution in [2.75, 3.05) is 20.1 Å². The van der Waals surface area contributed by atoms with E-state index in [-0.39, 0.29) is 52.5 Å². The molecule has 0 aromatic rings. The molecule has 0 saturated heterocycles. The first-order valence-corrected chi connectivity index (χ1v) is 23.3. The van der Waals surface area contributed by atoms with E-state index < -0.39 is 5.41 Å². The number of nitrogens with zero attached hydrogens (tertiary/aromatic N) is 1. The number of carbonyl (C=O) groups excluding carboxylic acids is 1. The van der Waals surface area contributed by atoms with Crippen LogP contribution in [0.3, 0.4) is 0 Å². The Morgan fingerprint density at radius 3 is 1.17 bits per heavy atom. The molecule has 0 aliphatic rings. The monoisotopic (exact) mass is 871 g/mol. The number of esters is 1. The van der Waals surface area contributed by atoms with E-state index in [1.807, 2.05) is 0 Å². The van der Waals surface area contributed by atoms with Crippen molar-refractivity contribution < 1.29 is 49.9 Å². The molecule has 0 fully saturated rings. The van der Waals surface area contributed by atoms with Gasteiger partial charge in [-0.1, -0.05) is 215 Å². The van der Waals surface area contributed by atoms with Crippen molar-refractivity contribution >= 4 is 5.97 Å². The zero-order valence-corrected chi connectivity index (χ0v) is 39.9. The number of hydrogen-bond acceptors (Lipinski definition) is 3. The van der Waals surface area contributed by atoms with Crippen LogP contribution in [0.25, 0.3) is 0 Å². The van der Waals surface area contributed by atoms with Gasteiger partial charge in [0, 0.05) is 45.8 Å². The summed E-state index contributed by atoms with van der Waals surface area (Å²) in [5.74, 6) is 3.33. The fourth-order valence-electron chi connectivity index (χ4n) is 8.24. The second-order valence-corrected chi connectivity index (χ2v) is 17.8. The maximum Gasteiger partial charge on any atom is 0.309 e. The molecule has 0 spiro atoms. The molecule has 52 heavy (non-hydrogen) atoms. The Morgan fingerprint density at radius 2 is 0.846 bits per heavy atom. The van der Waals surface area contributed by atoms with Crippen LogP contribution in [0, 0.1) is 63.6 Å². The molecule has 0 saturated carbocycles. The fraction of sp³-hybridized carbons (Fsp3) is 0.958. The van der Waals surface area contributed by atoms with Crippen molar-refractivity contribution in [1.29, 1.82) is 0 Å². The molecule has 0 rings (SSSR count). The maximum absolute atomic E-state index is 13.5. The van der Waals surface area contributed by atoms with Gasteiger partial charge in [0.1, 0.15) is 6.10 Å². The average Bonchev–Trinajstić information content (AvgIpc) is 3.10. The van der Waals surface area contributed by atoms with E-state index in [9.17, 15) is 4.79 Å². The van der Waals surface area contributed by atoms with Gasteiger partial charge in [0.05, 0.1) is 0 Å². The van der Waals surface area contributed by atoms with Gasteiger partial charge < -0.3 is 15.6 Å². The van der Waals surface area contributed by atoms with E-state index in [4.69, 9.17) is 4.74 Å². The van der Waals surface area contributed by atoms with Gasteiger partial charge in [-0.25, -0.2) is 0 Å². The topological polar surface area (TPSA) is 29.5 Å². The number of carbonyl (C=O) groups is 1. The van der Waals surface area contributed by atoms with Gasteiger partial charge in [-0.3, -0.25) is 4.79 Å². The smallest absolute Gasteiger partial charge is 0.309 e. The average molecular weight is 870 g/mol. The number of unbranched alkanes of at least 4 members (excludes halogenated alkanes) is 16. The van der Waals surface area contributed by atoms with E-state index in [2.05, 4.69) is 67.3 Å². The first-order valence-electron chi connectivity index (χ1n) is 23.3. The summed E-state index contributed by atoms with van der Waals surface area (Å²) >= 11 is 0. The zero-order chi connectivity index (χ0) is 38.0. The zero-order valence-electron chi connectivity index (χ0n) is 37.2. The third-order valence-electron chi connectivity index (χ3n) is 11.8. The third-order valence-corrected chi connectivity index (χ3v) is 11.8. The summed E-state index contributed by atoms with van der Waals surface area (Å²) in [5.41, 5.74) is -0.463. The molecule has 0 aliphatic heterocycles. The Morgan fingerprint density at radius 1 is 0.538 bits per heavy atom. The Bertz CT molecular complexity index is 688. The van der Waals surface area contributed by atoms with Gasteiger partial charge >= 0.3 is 5.97 Å². The number of ether oxygens (including phenoxy) is 1. The molecule has 4 heteroatoms. The van der Waals surface area contributed by atoms with Crippen LogP contribution in [-0.2, 0) is 9.53 Å². The number of hydrogen-bond donors (Lipinski definition) is 0. The van der Waals surface area contributed by atoms with Gasteiger partial charge in [0.25, 0.3) is 0 Å². The van der Waals surface area contributed by atoms with Crippen LogP contribution in [0.5, 0.6) is 0 Å². The Hall–Kier alpha value is 0.768. The van der Waals surface area contributed by atoms with E-state index in [1.54, 1.807) is 0 Å². The first kappa shape index (κ1) is 54.9. The summed E-state index contributed by atoms with van der Waals surface area (Å²) in [6.07, 6.45) is 41.5. The van der Waals surface area contributed by atoms with Crippen LogP contribution < -0.4 is 0 Å². The van der Waals surface area contributed by atoms with Crippen LogP contribution >= 0.6 is 0 Å². The minimum Gasteiger partial charge on any atom is -0.462 e. The molecule has 0 aromatic carbocycles. The van der Waals surface area contributed by atoms with Gasteiger partial charge in [0.15, 0.2) is 0 Å². The molecule has 3 nitrogen and oxygen atoms in total. The minimum absolute atomic E-state index is 0. The Balaban J connectivity index is 0. The predicted octanol–water partition coefficient (Wildman–Crippen LogP) is 15.9. The molecule has 0 heterocycles. The van der Waals surface area contributed by atoms with Crippen LogP contribution in [-0.4, -0.2) is 37.1 Å². The van der Waals surface area contributed by atoms with E-state index >= 15 is 0 Å². The van der Waals surface area contributed by atoms with Crippen LogP contribution in [0.4, 0.5) is 0 Å². The molecule has 312 valence electrons. The first-order chi connectivity index (χ1) is 24.6. The standard InChI is InChI=1S/C48H96NO2.Sm/c1-10-15-33-44(34-16-11-2)37-29-25-21-19-23-27-31-39-46(51-47(50)48(7,8)41-43(6)42-49(9)14-5)40-32-28-24-20-22-26-30-38-45(35-17-12-3)36-18-13-4;/h44-46H,10-42H2,1-9H3;/q-1;. The Kier molecular flexibility index (Phi) is 40.8. The molecular weight excluding hydrogens is 773 g/mol. The molecule has 0 N–H and O–H groups in total. The molecule has 0 aromatic heterocycles. The molecule has 0 atom stereocenters. The molecule has 0 bridgehead atoms. The summed E-state index contributed by atoms with van der Waals surface area (Å²) in [6, 6.07) is 0. The van der Waals surface area contributed by atoms with Crippen molar-refractivity contribution in [3.8, 4) is 0 Å². The van der Waals surface area contributed by atoms with Crippen molar-refractivity contribution in [3.63, 3.8) is 0 Å². The van der Waals surface area contributed by atoms with Crippen molar-refractivity contribution in [1.82, 2.24) is 4.90 Å². The second-order valence-electron chi connectivity index (χ2n) is 17.8. The van der Waals surface area contributed by atoms with Crippen LogP contribution in [0.2, 0.25) is 0 Å². The van der Waals surface area contributed by atoms with Gasteiger partial charge in [-0.2, -0.15) is 13.3 Å². The summed E-state index contributed by atoms with van der Waals surface area (Å²) in [4.78, 5) is 15.8. The minimum atomic E-state index is -0.463. The predicted molar refractivity (Wildman–Crippen MR) is 229 cm³/mol. The Labute approximate surface area is 362 Å². The second kappa shape index (κ2) is 38.6. The molecule has 0 amide bonds. The van der Waals surface area contributed by atoms with E-state index in [0.29, 0.717) is 0 Å². The summed E-state index contributed by atoms with van der Waals surface area (Å²) < 4.78 is 6.36. The third kappa shape index (κ3) is 33.0. The molecule has 0 unspecified atom stereocenters. The van der Waals surface area contributed by atoms with E-state index in [0.717, 1.165) is 44.2 Å². The van der Waals surface area contributed by atoms with Crippen molar-refractivity contribution in [2.45, 2.75) is 261 Å². The van der Waals surface area contributed by atoms with Gasteiger partial charge in [-0.15, -0.1) is 6.54 Å². The normalized spacial score (nSPS) is 12.2. The van der Waals surface area contributed by atoms with Crippen LogP contribution in [0.1, 0.15) is 254 Å². The largest absolute Gasteiger partial charge is 0.462 e. The quantitative estimate of drug-likeness (QED) is 0.0350. The number of rotatable bonds is 39. The SMILES string of the molecule is CCCCC(CCCC)CCCCCCCCCC(CCCCCCCCCC(CCCC)CCCC)OC(=O)C(C)(C)C[C-](C)CN(C)CC.[Sm].